The number of aliphatic hydroxyl groups excluding tert-OH is 1. The zero-order valence-corrected chi connectivity index (χ0v) is 17.1. The summed E-state index contributed by atoms with van der Waals surface area (Å²) in [6, 6.07) is 11.1. The van der Waals surface area contributed by atoms with Gasteiger partial charge >= 0.3 is 0 Å². The molecule has 0 saturated carbocycles. The van der Waals surface area contributed by atoms with Crippen LogP contribution in [0.2, 0.25) is 0 Å². The van der Waals surface area contributed by atoms with Crippen molar-refractivity contribution in [3.63, 3.8) is 0 Å². The molecule has 0 aliphatic carbocycles. The van der Waals surface area contributed by atoms with Crippen LogP contribution in [0.5, 0.6) is 5.75 Å². The number of Topliss-reactive ketones (excluding diaryl/α,β-unsaturated/α-hetero) is 1. The van der Waals surface area contributed by atoms with Crippen molar-refractivity contribution in [3.8, 4) is 5.75 Å². The van der Waals surface area contributed by atoms with E-state index >= 15 is 0 Å². The van der Waals surface area contributed by atoms with Crippen LogP contribution in [-0.4, -0.2) is 53.5 Å². The molecule has 1 aliphatic rings. The zero-order chi connectivity index (χ0) is 22.5. The second-order valence-corrected chi connectivity index (χ2v) is 6.79. The standard InChI is InChI=1S/C22H22N2O7/c1-3-31-17-9-7-14(8-10-17)20(25)18-19(15-5-4-6-16(13-15)24(28)29)23(11-12-30-2)22(27)21(18)26/h4-10,13,19,25H,3,11-12H2,1-2H3/t19-/m0/s1. The number of amides is 1. The molecule has 31 heavy (non-hydrogen) atoms. The first-order valence-electron chi connectivity index (χ1n) is 9.64. The first-order valence-corrected chi connectivity index (χ1v) is 9.64. The highest BCUT2D eigenvalue weighted by Gasteiger charge is 2.46. The summed E-state index contributed by atoms with van der Waals surface area (Å²) in [5.74, 6) is -1.44. The number of nitro groups is 1. The third-order valence-electron chi connectivity index (χ3n) is 4.91. The Bertz CT molecular complexity index is 1030. The Morgan fingerprint density at radius 3 is 2.52 bits per heavy atom. The summed E-state index contributed by atoms with van der Waals surface area (Å²) in [5.41, 5.74) is 0.349. The zero-order valence-electron chi connectivity index (χ0n) is 17.1. The molecule has 1 amide bonds. The molecule has 0 bridgehead atoms. The maximum atomic E-state index is 12.9. The van der Waals surface area contributed by atoms with Gasteiger partial charge in [-0.15, -0.1) is 0 Å². The summed E-state index contributed by atoms with van der Waals surface area (Å²) in [7, 11) is 1.46. The summed E-state index contributed by atoms with van der Waals surface area (Å²) < 4.78 is 10.4. The van der Waals surface area contributed by atoms with Crippen molar-refractivity contribution < 1.29 is 29.1 Å². The van der Waals surface area contributed by atoms with Crippen molar-refractivity contribution in [2.24, 2.45) is 0 Å². The number of nitro benzene ring substituents is 1. The van der Waals surface area contributed by atoms with E-state index in [2.05, 4.69) is 0 Å². The molecule has 0 unspecified atom stereocenters. The van der Waals surface area contributed by atoms with Gasteiger partial charge in [0.05, 0.1) is 29.8 Å². The molecule has 0 spiro atoms. The lowest BCUT2D eigenvalue weighted by atomic mass is 9.95. The number of nitrogens with zero attached hydrogens (tertiary/aromatic N) is 2. The number of carbonyl (C=O) groups is 2. The van der Waals surface area contributed by atoms with Crippen molar-refractivity contribution in [1.29, 1.82) is 0 Å². The molecule has 2 aromatic rings. The van der Waals surface area contributed by atoms with Crippen LogP contribution in [0.1, 0.15) is 24.1 Å². The Kier molecular flexibility index (Phi) is 6.66. The summed E-state index contributed by atoms with van der Waals surface area (Å²) in [5, 5.41) is 22.2. The minimum absolute atomic E-state index is 0.0779. The minimum Gasteiger partial charge on any atom is -0.507 e. The number of rotatable bonds is 8. The van der Waals surface area contributed by atoms with E-state index in [4.69, 9.17) is 9.47 Å². The normalized spacial score (nSPS) is 17.7. The highest BCUT2D eigenvalue weighted by atomic mass is 16.6. The monoisotopic (exact) mass is 426 g/mol. The molecule has 1 aliphatic heterocycles. The van der Waals surface area contributed by atoms with Crippen LogP contribution in [0.25, 0.3) is 5.76 Å². The molecule has 162 valence electrons. The Hall–Kier alpha value is -3.72. The first kappa shape index (κ1) is 22.0. The Morgan fingerprint density at radius 2 is 1.90 bits per heavy atom. The Labute approximate surface area is 178 Å². The smallest absolute Gasteiger partial charge is 0.295 e. The summed E-state index contributed by atoms with van der Waals surface area (Å²) >= 11 is 0. The SMILES string of the molecule is CCOc1ccc(C(O)=C2C(=O)C(=O)N(CCOC)[C@H]2c2cccc([N+](=O)[O-])c2)cc1. The molecule has 0 radical (unpaired) electrons. The summed E-state index contributed by atoms with van der Waals surface area (Å²) in [6.45, 7) is 2.55. The summed E-state index contributed by atoms with van der Waals surface area (Å²) in [6.07, 6.45) is 0. The number of aliphatic hydroxyl groups is 1. The maximum Gasteiger partial charge on any atom is 0.295 e. The van der Waals surface area contributed by atoms with Crippen molar-refractivity contribution >= 4 is 23.1 Å². The lowest BCUT2D eigenvalue weighted by Crippen LogP contribution is -2.32. The highest BCUT2D eigenvalue weighted by molar-refractivity contribution is 6.46. The third-order valence-corrected chi connectivity index (χ3v) is 4.91. The molecule has 0 aromatic heterocycles. The van der Waals surface area contributed by atoms with E-state index in [0.29, 0.717) is 23.5 Å². The van der Waals surface area contributed by atoms with Crippen LogP contribution in [-0.2, 0) is 14.3 Å². The molecule has 3 rings (SSSR count). The van der Waals surface area contributed by atoms with Gasteiger partial charge in [-0.05, 0) is 36.8 Å². The second-order valence-electron chi connectivity index (χ2n) is 6.79. The first-order chi connectivity index (χ1) is 14.9. The molecule has 1 saturated heterocycles. The van der Waals surface area contributed by atoms with E-state index in [-0.39, 0.29) is 30.2 Å². The van der Waals surface area contributed by atoms with E-state index in [1.165, 1.54) is 30.2 Å². The third kappa shape index (κ3) is 4.41. The predicted molar refractivity (Wildman–Crippen MR) is 112 cm³/mol. The second kappa shape index (κ2) is 9.40. The number of benzene rings is 2. The molecular formula is C22H22N2O7. The average Bonchev–Trinajstić information content (AvgIpc) is 3.02. The number of hydrogen-bond donors (Lipinski definition) is 1. The molecule has 9 heteroatoms. The van der Waals surface area contributed by atoms with E-state index in [0.717, 1.165) is 0 Å². The molecular weight excluding hydrogens is 404 g/mol. The molecule has 1 heterocycles. The summed E-state index contributed by atoms with van der Waals surface area (Å²) in [4.78, 5) is 37.5. The van der Waals surface area contributed by atoms with Crippen LogP contribution in [0.4, 0.5) is 5.69 Å². The van der Waals surface area contributed by atoms with Crippen molar-refractivity contribution in [3.05, 3.63) is 75.3 Å². The fourth-order valence-corrected chi connectivity index (χ4v) is 3.49. The molecule has 9 nitrogen and oxygen atoms in total. The number of methoxy groups -OCH3 is 1. The average molecular weight is 426 g/mol. The Morgan fingerprint density at radius 1 is 1.19 bits per heavy atom. The van der Waals surface area contributed by atoms with Crippen LogP contribution in [0, 0.1) is 10.1 Å². The number of ether oxygens (including phenoxy) is 2. The van der Waals surface area contributed by atoms with E-state index in [1.807, 2.05) is 6.92 Å². The lowest BCUT2D eigenvalue weighted by molar-refractivity contribution is -0.384. The van der Waals surface area contributed by atoms with Gasteiger partial charge in [0.1, 0.15) is 11.5 Å². The van der Waals surface area contributed by atoms with E-state index in [1.54, 1.807) is 30.3 Å². The highest BCUT2D eigenvalue weighted by Crippen LogP contribution is 2.40. The van der Waals surface area contributed by atoms with Gasteiger partial charge in [0.2, 0.25) is 0 Å². The van der Waals surface area contributed by atoms with Gasteiger partial charge in [-0.2, -0.15) is 0 Å². The van der Waals surface area contributed by atoms with Gasteiger partial charge < -0.3 is 19.5 Å². The largest absolute Gasteiger partial charge is 0.507 e. The van der Waals surface area contributed by atoms with Crippen molar-refractivity contribution in [1.82, 2.24) is 4.90 Å². The predicted octanol–water partition coefficient (Wildman–Crippen LogP) is 3.06. The lowest BCUT2D eigenvalue weighted by Gasteiger charge is -2.24. The van der Waals surface area contributed by atoms with Gasteiger partial charge in [0.15, 0.2) is 0 Å². The van der Waals surface area contributed by atoms with Gasteiger partial charge in [-0.3, -0.25) is 19.7 Å². The van der Waals surface area contributed by atoms with Gasteiger partial charge in [-0.1, -0.05) is 12.1 Å². The fourth-order valence-electron chi connectivity index (χ4n) is 3.49. The van der Waals surface area contributed by atoms with E-state index in [9.17, 15) is 24.8 Å². The van der Waals surface area contributed by atoms with Gasteiger partial charge in [0.25, 0.3) is 17.4 Å². The maximum absolute atomic E-state index is 12.9. The number of non-ortho nitro benzene ring substituents is 1. The van der Waals surface area contributed by atoms with Gasteiger partial charge in [0, 0.05) is 31.4 Å². The van der Waals surface area contributed by atoms with Crippen molar-refractivity contribution in [2.75, 3.05) is 26.9 Å². The molecule has 2 aromatic carbocycles. The number of carbonyl (C=O) groups excluding carboxylic acids is 2. The fraction of sp³-hybridized carbons (Fsp3) is 0.273. The van der Waals surface area contributed by atoms with Crippen LogP contribution < -0.4 is 4.74 Å². The van der Waals surface area contributed by atoms with Crippen molar-refractivity contribution in [2.45, 2.75) is 13.0 Å². The van der Waals surface area contributed by atoms with Crippen LogP contribution in [0.15, 0.2) is 54.1 Å². The minimum atomic E-state index is -0.985. The Balaban J connectivity index is 2.13. The number of likely N-dealkylation sites (tertiary alicyclic amines) is 1. The number of hydrogen-bond acceptors (Lipinski definition) is 7. The quantitative estimate of drug-likeness (QED) is 0.226. The van der Waals surface area contributed by atoms with E-state index < -0.39 is 22.7 Å². The van der Waals surface area contributed by atoms with Crippen LogP contribution in [0.3, 0.4) is 0 Å². The van der Waals surface area contributed by atoms with Crippen LogP contribution >= 0.6 is 0 Å². The molecule has 1 N–H and O–H groups in total. The molecule has 1 atom stereocenters. The molecule has 1 fully saturated rings. The topological polar surface area (TPSA) is 119 Å². The van der Waals surface area contributed by atoms with Gasteiger partial charge in [-0.25, -0.2) is 0 Å². The number of ketones is 1.